The number of nitro groups is 1. The lowest BCUT2D eigenvalue weighted by atomic mass is 10.2. The van der Waals surface area contributed by atoms with Gasteiger partial charge in [-0.25, -0.2) is 4.68 Å². The molecule has 0 saturated heterocycles. The lowest BCUT2D eigenvalue weighted by Crippen LogP contribution is -2.14. The molecule has 7 nitrogen and oxygen atoms in total. The monoisotopic (exact) mass is 416 g/mol. The Morgan fingerprint density at radius 2 is 1.88 bits per heavy atom. The van der Waals surface area contributed by atoms with Crippen molar-refractivity contribution in [2.45, 2.75) is 6.18 Å². The zero-order valence-corrected chi connectivity index (χ0v) is 14.0. The fourth-order valence-electron chi connectivity index (χ4n) is 1.82. The highest BCUT2D eigenvalue weighted by atomic mass is 35.5. The molecule has 25 heavy (non-hydrogen) atoms. The fourth-order valence-corrected chi connectivity index (χ4v) is 2.54. The van der Waals surface area contributed by atoms with Gasteiger partial charge in [0, 0.05) is 0 Å². The molecule has 0 aliphatic heterocycles. The van der Waals surface area contributed by atoms with Crippen molar-refractivity contribution in [3.8, 4) is 5.69 Å². The second-order valence-corrected chi connectivity index (χ2v) is 5.61. The molecule has 0 fully saturated rings. The van der Waals surface area contributed by atoms with Crippen molar-refractivity contribution in [3.63, 3.8) is 0 Å². The average Bonchev–Trinajstić information content (AvgIpc) is 2.89. The molecular formula is C12H6Cl3F3N4O3. The summed E-state index contributed by atoms with van der Waals surface area (Å²) in [6.07, 6.45) is -3.83. The quantitative estimate of drug-likeness (QED) is 0.457. The van der Waals surface area contributed by atoms with Gasteiger partial charge in [0.25, 0.3) is 0 Å². The van der Waals surface area contributed by atoms with Gasteiger partial charge in [-0.2, -0.15) is 13.2 Å². The van der Waals surface area contributed by atoms with Crippen molar-refractivity contribution in [1.82, 2.24) is 9.78 Å². The third-order valence-corrected chi connectivity index (χ3v) is 3.66. The van der Waals surface area contributed by atoms with Crippen LogP contribution < -0.4 is 5.32 Å². The summed E-state index contributed by atoms with van der Waals surface area (Å²) < 4.78 is 39.0. The van der Waals surface area contributed by atoms with Crippen molar-refractivity contribution in [1.29, 1.82) is 0 Å². The molecule has 134 valence electrons. The summed E-state index contributed by atoms with van der Waals surface area (Å²) in [5.74, 6) is -1.70. The molecule has 0 saturated carbocycles. The first-order valence-corrected chi connectivity index (χ1v) is 7.50. The maximum Gasteiger partial charge on any atom is 0.416 e. The zero-order valence-electron chi connectivity index (χ0n) is 11.8. The number of carbonyl (C=O) groups is 1. The van der Waals surface area contributed by atoms with E-state index in [0.29, 0.717) is 12.1 Å². The highest BCUT2D eigenvalue weighted by molar-refractivity contribution is 6.37. The van der Waals surface area contributed by atoms with Gasteiger partial charge in [-0.3, -0.25) is 14.9 Å². The predicted molar refractivity (Wildman–Crippen MR) is 84.6 cm³/mol. The van der Waals surface area contributed by atoms with E-state index in [2.05, 4.69) is 10.4 Å². The molecule has 0 aliphatic rings. The van der Waals surface area contributed by atoms with Gasteiger partial charge < -0.3 is 5.32 Å². The minimum absolute atomic E-state index is 0.217. The number of nitrogens with zero attached hydrogens (tertiary/aromatic N) is 3. The summed E-state index contributed by atoms with van der Waals surface area (Å²) in [7, 11) is 0. The Labute approximate surface area is 152 Å². The Bertz CT molecular complexity index is 831. The third kappa shape index (κ3) is 4.14. The van der Waals surface area contributed by atoms with Crippen LogP contribution in [0.15, 0.2) is 18.3 Å². The van der Waals surface area contributed by atoms with E-state index in [1.165, 1.54) is 0 Å². The van der Waals surface area contributed by atoms with Crippen LogP contribution in [0.25, 0.3) is 5.69 Å². The van der Waals surface area contributed by atoms with Crippen LogP contribution in [0.2, 0.25) is 10.0 Å². The second-order valence-electron chi connectivity index (χ2n) is 4.53. The molecule has 1 aromatic carbocycles. The number of aromatic nitrogens is 2. The number of nitrogens with one attached hydrogen (secondary N) is 1. The largest absolute Gasteiger partial charge is 0.416 e. The zero-order chi connectivity index (χ0) is 18.9. The second kappa shape index (κ2) is 7.06. The first-order valence-electron chi connectivity index (χ1n) is 6.21. The fraction of sp³-hybridized carbons (Fsp3) is 0.167. The molecule has 0 spiro atoms. The van der Waals surface area contributed by atoms with Crippen molar-refractivity contribution < 1.29 is 22.9 Å². The van der Waals surface area contributed by atoms with Gasteiger partial charge in [0.05, 0.1) is 20.5 Å². The maximum absolute atomic E-state index is 12.7. The van der Waals surface area contributed by atoms with Gasteiger partial charge in [-0.1, -0.05) is 23.2 Å². The Kier molecular flexibility index (Phi) is 5.45. The van der Waals surface area contributed by atoms with Crippen LogP contribution in [0.1, 0.15) is 5.56 Å². The number of hydrogen-bond acceptors (Lipinski definition) is 4. The summed E-state index contributed by atoms with van der Waals surface area (Å²) in [4.78, 5) is 21.5. The van der Waals surface area contributed by atoms with Gasteiger partial charge in [0.15, 0.2) is 0 Å². The van der Waals surface area contributed by atoms with Crippen molar-refractivity contribution in [3.05, 3.63) is 44.1 Å². The number of alkyl halides is 4. The first kappa shape index (κ1) is 19.3. The molecule has 0 bridgehead atoms. The van der Waals surface area contributed by atoms with Crippen LogP contribution in [0, 0.1) is 10.1 Å². The number of rotatable bonds is 4. The predicted octanol–water partition coefficient (Wildman–Crippen LogP) is 4.28. The normalized spacial score (nSPS) is 11.4. The van der Waals surface area contributed by atoms with E-state index >= 15 is 0 Å². The summed E-state index contributed by atoms with van der Waals surface area (Å²) in [5.41, 5.74) is -1.93. The van der Waals surface area contributed by atoms with Crippen LogP contribution in [-0.4, -0.2) is 26.5 Å². The SMILES string of the molecule is O=C(CCl)Nc1nn(-c2c(Cl)cc(C(F)(F)F)cc2Cl)cc1[N+](=O)[O-]. The lowest BCUT2D eigenvalue weighted by Gasteiger charge is -2.12. The van der Waals surface area contributed by atoms with Crippen LogP contribution in [0.4, 0.5) is 24.7 Å². The minimum Gasteiger partial charge on any atom is -0.302 e. The Morgan fingerprint density at radius 3 is 2.32 bits per heavy atom. The molecule has 1 heterocycles. The standard InChI is InChI=1S/C12H6Cl3F3N4O3/c13-3-9(23)19-11-8(22(24)25)4-21(20-11)10-6(14)1-5(2-7(10)15)12(16,17)18/h1-2,4H,3H2,(H,19,20,23). The molecule has 1 aromatic heterocycles. The molecule has 2 rings (SSSR count). The first-order chi connectivity index (χ1) is 11.5. The molecule has 0 radical (unpaired) electrons. The summed E-state index contributed by atoms with van der Waals surface area (Å²) in [5, 5.41) is 16.0. The smallest absolute Gasteiger partial charge is 0.302 e. The number of carbonyl (C=O) groups excluding carboxylic acids is 1. The number of hydrogen-bond donors (Lipinski definition) is 1. The Hall–Kier alpha value is -2.04. The molecule has 1 amide bonds. The Morgan fingerprint density at radius 1 is 1.32 bits per heavy atom. The minimum atomic E-state index is -4.68. The number of anilines is 1. The van der Waals surface area contributed by atoms with E-state index in [1.54, 1.807) is 0 Å². The number of amides is 1. The van der Waals surface area contributed by atoms with Crippen molar-refractivity contribution in [2.24, 2.45) is 0 Å². The number of benzene rings is 1. The van der Waals surface area contributed by atoms with E-state index in [1.807, 2.05) is 0 Å². The van der Waals surface area contributed by atoms with Crippen molar-refractivity contribution >= 4 is 52.2 Å². The Balaban J connectivity index is 2.57. The molecule has 0 unspecified atom stereocenters. The topological polar surface area (TPSA) is 90.1 Å². The van der Waals surface area contributed by atoms with Gasteiger partial charge in [-0.15, -0.1) is 16.7 Å². The van der Waals surface area contributed by atoms with E-state index in [9.17, 15) is 28.1 Å². The number of halogens is 6. The third-order valence-electron chi connectivity index (χ3n) is 2.84. The van der Waals surface area contributed by atoms with Crippen molar-refractivity contribution in [2.75, 3.05) is 11.2 Å². The molecule has 0 atom stereocenters. The van der Waals surface area contributed by atoms with Gasteiger partial charge in [0.2, 0.25) is 11.7 Å². The maximum atomic E-state index is 12.7. The van der Waals surface area contributed by atoms with Crippen LogP contribution >= 0.6 is 34.8 Å². The van der Waals surface area contributed by atoms with Crippen LogP contribution in [-0.2, 0) is 11.0 Å². The van der Waals surface area contributed by atoms with E-state index in [4.69, 9.17) is 34.8 Å². The van der Waals surface area contributed by atoms with Gasteiger partial charge in [-0.05, 0) is 12.1 Å². The summed E-state index contributed by atoms with van der Waals surface area (Å²) >= 11 is 17.0. The van der Waals surface area contributed by atoms with Crippen LogP contribution in [0.5, 0.6) is 0 Å². The van der Waals surface area contributed by atoms with Crippen LogP contribution in [0.3, 0.4) is 0 Å². The molecule has 13 heteroatoms. The molecular weight excluding hydrogens is 412 g/mol. The molecule has 2 aromatic rings. The lowest BCUT2D eigenvalue weighted by molar-refractivity contribution is -0.384. The molecule has 0 aliphatic carbocycles. The van der Waals surface area contributed by atoms with Gasteiger partial charge >= 0.3 is 11.9 Å². The average molecular weight is 418 g/mol. The van der Waals surface area contributed by atoms with E-state index in [-0.39, 0.29) is 5.69 Å². The van der Waals surface area contributed by atoms with E-state index < -0.39 is 50.0 Å². The summed E-state index contributed by atoms with van der Waals surface area (Å²) in [6.45, 7) is 0. The highest BCUT2D eigenvalue weighted by Gasteiger charge is 2.33. The molecule has 1 N–H and O–H groups in total. The highest BCUT2D eigenvalue weighted by Crippen LogP contribution is 2.38. The summed E-state index contributed by atoms with van der Waals surface area (Å²) in [6, 6.07) is 1.21. The van der Waals surface area contributed by atoms with E-state index in [0.717, 1.165) is 10.9 Å². The van der Waals surface area contributed by atoms with Gasteiger partial charge in [0.1, 0.15) is 17.8 Å².